The summed E-state index contributed by atoms with van der Waals surface area (Å²) in [4.78, 5) is 5.41. The van der Waals surface area contributed by atoms with Gasteiger partial charge in [-0.1, -0.05) is 23.0 Å². The molecule has 126 valence electrons. The van der Waals surface area contributed by atoms with E-state index in [1.807, 2.05) is 24.4 Å². The zero-order valence-corrected chi connectivity index (χ0v) is 14.6. The third-order valence-corrected chi connectivity index (χ3v) is 5.23. The van der Waals surface area contributed by atoms with Crippen molar-refractivity contribution < 1.29 is 9.63 Å². The Bertz CT molecular complexity index is 964. The highest BCUT2D eigenvalue weighted by molar-refractivity contribution is 7.99. The summed E-state index contributed by atoms with van der Waals surface area (Å²) in [6.45, 7) is 1.95. The number of tetrazole rings is 1. The van der Waals surface area contributed by atoms with E-state index in [-0.39, 0.29) is 11.0 Å². The number of hydrogen-bond donors (Lipinski definition) is 1. The number of phenolic OH excluding ortho intramolecular Hbond substituents is 1. The fourth-order valence-electron chi connectivity index (χ4n) is 2.12. The van der Waals surface area contributed by atoms with Gasteiger partial charge in [-0.15, -0.1) is 16.4 Å². The summed E-state index contributed by atoms with van der Waals surface area (Å²) in [6.07, 6.45) is 0. The van der Waals surface area contributed by atoms with Gasteiger partial charge in [0.1, 0.15) is 5.75 Å². The Kier molecular flexibility index (Phi) is 4.20. The lowest BCUT2D eigenvalue weighted by Crippen LogP contribution is -2.00. The van der Waals surface area contributed by atoms with E-state index >= 15 is 0 Å². The maximum atomic E-state index is 9.41. The standard InChI is InChI=1S/C15H12N6O2S2/c1-9(14-16-13(18-23-14)12-3-2-8-24-12)25-15-17-19-20-21(15)10-4-6-11(22)7-5-10/h2-9,22H,1H3. The molecule has 25 heavy (non-hydrogen) atoms. The minimum absolute atomic E-state index is 0.122. The fourth-order valence-corrected chi connectivity index (χ4v) is 3.61. The number of hydrogen-bond acceptors (Lipinski definition) is 9. The Balaban J connectivity index is 1.55. The van der Waals surface area contributed by atoms with Crippen molar-refractivity contribution in [3.8, 4) is 22.1 Å². The van der Waals surface area contributed by atoms with Gasteiger partial charge >= 0.3 is 0 Å². The summed E-state index contributed by atoms with van der Waals surface area (Å²) in [5.41, 5.74) is 0.752. The van der Waals surface area contributed by atoms with Crippen LogP contribution in [0.4, 0.5) is 0 Å². The normalized spacial score (nSPS) is 12.4. The van der Waals surface area contributed by atoms with Crippen molar-refractivity contribution in [1.29, 1.82) is 0 Å². The predicted molar refractivity (Wildman–Crippen MR) is 92.7 cm³/mol. The fraction of sp³-hybridized carbons (Fsp3) is 0.133. The smallest absolute Gasteiger partial charge is 0.240 e. The first kappa shape index (κ1) is 15.8. The van der Waals surface area contributed by atoms with Crippen molar-refractivity contribution in [1.82, 2.24) is 30.3 Å². The Labute approximate surface area is 150 Å². The van der Waals surface area contributed by atoms with E-state index in [1.165, 1.54) is 11.8 Å². The second-order valence-corrected chi connectivity index (χ2v) is 7.34. The summed E-state index contributed by atoms with van der Waals surface area (Å²) in [5.74, 6) is 1.27. The van der Waals surface area contributed by atoms with Crippen molar-refractivity contribution in [3.63, 3.8) is 0 Å². The minimum Gasteiger partial charge on any atom is -0.508 e. The molecule has 0 amide bonds. The largest absolute Gasteiger partial charge is 0.508 e. The van der Waals surface area contributed by atoms with E-state index in [2.05, 4.69) is 25.7 Å². The van der Waals surface area contributed by atoms with Gasteiger partial charge in [0.05, 0.1) is 15.8 Å². The second kappa shape index (κ2) is 6.65. The van der Waals surface area contributed by atoms with Crippen LogP contribution < -0.4 is 0 Å². The van der Waals surface area contributed by atoms with Gasteiger partial charge in [-0.3, -0.25) is 0 Å². The summed E-state index contributed by atoms with van der Waals surface area (Å²) >= 11 is 2.97. The molecule has 0 saturated carbocycles. The number of rotatable bonds is 5. The average Bonchev–Trinajstić information content (AvgIpc) is 3.36. The van der Waals surface area contributed by atoms with Gasteiger partial charge in [-0.05, 0) is 53.1 Å². The summed E-state index contributed by atoms with van der Waals surface area (Å²) < 4.78 is 6.97. The molecule has 10 heteroatoms. The molecule has 8 nitrogen and oxygen atoms in total. The number of phenols is 1. The monoisotopic (exact) mass is 372 g/mol. The predicted octanol–water partition coefficient (Wildman–Crippen LogP) is 3.33. The molecule has 0 spiro atoms. The Morgan fingerprint density at radius 1 is 1.24 bits per heavy atom. The van der Waals surface area contributed by atoms with Gasteiger partial charge in [0.2, 0.25) is 16.9 Å². The van der Waals surface area contributed by atoms with Gasteiger partial charge in [-0.25, -0.2) is 0 Å². The molecule has 0 radical (unpaired) electrons. The number of aromatic hydroxyl groups is 1. The molecule has 1 atom stereocenters. The Morgan fingerprint density at radius 3 is 2.84 bits per heavy atom. The quantitative estimate of drug-likeness (QED) is 0.532. The molecule has 1 aromatic carbocycles. The van der Waals surface area contributed by atoms with Crippen molar-refractivity contribution in [2.45, 2.75) is 17.3 Å². The molecule has 0 aliphatic heterocycles. The first-order valence-corrected chi connectivity index (χ1v) is 9.08. The molecule has 0 aliphatic carbocycles. The lowest BCUT2D eigenvalue weighted by atomic mass is 10.3. The molecule has 1 N–H and O–H groups in total. The van der Waals surface area contributed by atoms with Crippen LogP contribution in [0.5, 0.6) is 5.75 Å². The highest BCUT2D eigenvalue weighted by atomic mass is 32.2. The van der Waals surface area contributed by atoms with Gasteiger partial charge < -0.3 is 9.63 Å². The third kappa shape index (κ3) is 3.26. The summed E-state index contributed by atoms with van der Waals surface area (Å²) in [6, 6.07) is 10.5. The summed E-state index contributed by atoms with van der Waals surface area (Å²) in [5, 5.41) is 27.6. The molecule has 3 heterocycles. The first-order valence-electron chi connectivity index (χ1n) is 7.32. The van der Waals surface area contributed by atoms with Crippen LogP contribution in [-0.2, 0) is 0 Å². The van der Waals surface area contributed by atoms with Crippen LogP contribution in [0.25, 0.3) is 16.4 Å². The maximum Gasteiger partial charge on any atom is 0.240 e. The zero-order chi connectivity index (χ0) is 17.2. The van der Waals surface area contributed by atoms with Gasteiger partial charge in [0.15, 0.2) is 0 Å². The summed E-state index contributed by atoms with van der Waals surface area (Å²) in [7, 11) is 0. The number of aromatic nitrogens is 6. The van der Waals surface area contributed by atoms with Crippen molar-refractivity contribution in [2.24, 2.45) is 0 Å². The van der Waals surface area contributed by atoms with Gasteiger partial charge in [-0.2, -0.15) is 9.67 Å². The van der Waals surface area contributed by atoms with Crippen LogP contribution in [0, 0.1) is 0 Å². The van der Waals surface area contributed by atoms with Crippen molar-refractivity contribution >= 4 is 23.1 Å². The van der Waals surface area contributed by atoms with Crippen molar-refractivity contribution in [2.75, 3.05) is 0 Å². The van der Waals surface area contributed by atoms with Crippen LogP contribution in [0.3, 0.4) is 0 Å². The van der Waals surface area contributed by atoms with Crippen LogP contribution in [-0.4, -0.2) is 35.5 Å². The van der Waals surface area contributed by atoms with E-state index in [0.29, 0.717) is 16.9 Å². The van der Waals surface area contributed by atoms with E-state index in [1.54, 1.807) is 40.3 Å². The molecule has 0 saturated heterocycles. The van der Waals surface area contributed by atoms with Crippen LogP contribution in [0.2, 0.25) is 0 Å². The maximum absolute atomic E-state index is 9.41. The lowest BCUT2D eigenvalue weighted by Gasteiger charge is -2.07. The SMILES string of the molecule is CC(Sc1nnnn1-c1ccc(O)cc1)c1nc(-c2cccs2)no1. The van der Waals surface area contributed by atoms with E-state index in [9.17, 15) is 5.11 Å². The van der Waals surface area contributed by atoms with Crippen LogP contribution >= 0.6 is 23.1 Å². The van der Waals surface area contributed by atoms with Crippen molar-refractivity contribution in [3.05, 3.63) is 47.7 Å². The molecule has 0 fully saturated rings. The van der Waals surface area contributed by atoms with E-state index < -0.39 is 0 Å². The third-order valence-electron chi connectivity index (χ3n) is 3.35. The van der Waals surface area contributed by atoms with E-state index in [4.69, 9.17) is 4.52 Å². The molecule has 0 aliphatic rings. The number of nitrogens with zero attached hydrogens (tertiary/aromatic N) is 6. The average molecular weight is 372 g/mol. The van der Waals surface area contributed by atoms with E-state index in [0.717, 1.165) is 10.6 Å². The highest BCUT2D eigenvalue weighted by Crippen LogP contribution is 2.34. The van der Waals surface area contributed by atoms with Crippen LogP contribution in [0.1, 0.15) is 18.1 Å². The highest BCUT2D eigenvalue weighted by Gasteiger charge is 2.20. The molecule has 1 unspecified atom stereocenters. The van der Waals surface area contributed by atoms with Crippen LogP contribution in [0.15, 0.2) is 51.5 Å². The number of thiophene rings is 1. The molecule has 3 aromatic heterocycles. The second-order valence-electron chi connectivity index (χ2n) is 5.08. The lowest BCUT2D eigenvalue weighted by molar-refractivity contribution is 0.380. The molecule has 4 rings (SSSR count). The Morgan fingerprint density at radius 2 is 2.08 bits per heavy atom. The number of benzene rings is 1. The molecular formula is C15H12N6O2S2. The zero-order valence-electron chi connectivity index (χ0n) is 13.0. The van der Waals surface area contributed by atoms with Gasteiger partial charge in [0.25, 0.3) is 0 Å². The molecular weight excluding hydrogens is 360 g/mol. The molecule has 0 bridgehead atoms. The first-order chi connectivity index (χ1) is 12.2. The minimum atomic E-state index is -0.122. The van der Waals surface area contributed by atoms with Gasteiger partial charge in [0, 0.05) is 0 Å². The Hall–Kier alpha value is -2.72. The topological polar surface area (TPSA) is 103 Å². The molecule has 4 aromatic rings. The number of thioether (sulfide) groups is 1.